The van der Waals surface area contributed by atoms with E-state index in [1.54, 1.807) is 12.1 Å². The number of hydrogen-bond donors (Lipinski definition) is 1. The summed E-state index contributed by atoms with van der Waals surface area (Å²) in [6.45, 7) is 6.32. The highest BCUT2D eigenvalue weighted by molar-refractivity contribution is 5.86. The molecule has 2 heterocycles. The molecule has 20 heavy (non-hydrogen) atoms. The number of ether oxygens (including phenoxy) is 1. The molecule has 2 rings (SSSR count). The molecular formula is C14H18N2O4. The van der Waals surface area contributed by atoms with Crippen LogP contribution in [0.5, 0.6) is 0 Å². The SMILES string of the molecule is COC(=O)c1ccc(CNC(C)c2c(C)noc2C)o1. The van der Waals surface area contributed by atoms with Crippen molar-refractivity contribution in [2.75, 3.05) is 7.11 Å². The van der Waals surface area contributed by atoms with Crippen LogP contribution in [0.4, 0.5) is 0 Å². The number of aromatic nitrogens is 1. The largest absolute Gasteiger partial charge is 0.463 e. The summed E-state index contributed by atoms with van der Waals surface area (Å²) < 4.78 is 15.1. The van der Waals surface area contributed by atoms with Crippen molar-refractivity contribution in [2.24, 2.45) is 0 Å². The molecule has 6 heteroatoms. The van der Waals surface area contributed by atoms with Gasteiger partial charge in [-0.2, -0.15) is 0 Å². The predicted molar refractivity (Wildman–Crippen MR) is 71.3 cm³/mol. The van der Waals surface area contributed by atoms with Crippen LogP contribution in [-0.2, 0) is 11.3 Å². The molecule has 0 aliphatic carbocycles. The first-order valence-electron chi connectivity index (χ1n) is 6.36. The minimum absolute atomic E-state index is 0.0768. The Morgan fingerprint density at radius 1 is 1.45 bits per heavy atom. The van der Waals surface area contributed by atoms with Crippen LogP contribution in [0.15, 0.2) is 21.1 Å². The van der Waals surface area contributed by atoms with Crippen molar-refractivity contribution in [1.82, 2.24) is 10.5 Å². The van der Waals surface area contributed by atoms with Gasteiger partial charge in [-0.3, -0.25) is 0 Å². The monoisotopic (exact) mass is 278 g/mol. The molecule has 0 saturated heterocycles. The number of aryl methyl sites for hydroxylation is 2. The van der Waals surface area contributed by atoms with E-state index in [1.807, 2.05) is 20.8 Å². The van der Waals surface area contributed by atoms with Crippen LogP contribution in [0.25, 0.3) is 0 Å². The summed E-state index contributed by atoms with van der Waals surface area (Å²) in [5.74, 6) is 1.20. The standard InChI is InChI=1S/C14H18N2O4/c1-8(13-9(2)16-20-10(13)3)15-7-11-5-6-12(19-11)14(17)18-4/h5-6,8,15H,7H2,1-4H3. The van der Waals surface area contributed by atoms with Crippen molar-refractivity contribution in [3.05, 3.63) is 40.7 Å². The van der Waals surface area contributed by atoms with Crippen LogP contribution < -0.4 is 5.32 Å². The lowest BCUT2D eigenvalue weighted by Crippen LogP contribution is -2.18. The lowest BCUT2D eigenvalue weighted by molar-refractivity contribution is 0.0563. The Hall–Kier alpha value is -2.08. The number of rotatable bonds is 5. The summed E-state index contributed by atoms with van der Waals surface area (Å²) in [6.07, 6.45) is 0. The van der Waals surface area contributed by atoms with Gasteiger partial charge in [0.2, 0.25) is 5.76 Å². The summed E-state index contributed by atoms with van der Waals surface area (Å²) in [7, 11) is 1.32. The highest BCUT2D eigenvalue weighted by Crippen LogP contribution is 2.21. The molecule has 0 saturated carbocycles. The molecule has 1 unspecified atom stereocenters. The van der Waals surface area contributed by atoms with E-state index in [4.69, 9.17) is 8.94 Å². The maximum absolute atomic E-state index is 11.3. The van der Waals surface area contributed by atoms with E-state index in [2.05, 4.69) is 15.2 Å². The number of hydrogen-bond acceptors (Lipinski definition) is 6. The van der Waals surface area contributed by atoms with Crippen LogP contribution in [-0.4, -0.2) is 18.2 Å². The van der Waals surface area contributed by atoms with Crippen LogP contribution in [0, 0.1) is 13.8 Å². The third-order valence-corrected chi connectivity index (χ3v) is 3.15. The van der Waals surface area contributed by atoms with Crippen LogP contribution >= 0.6 is 0 Å². The van der Waals surface area contributed by atoms with E-state index in [-0.39, 0.29) is 11.8 Å². The van der Waals surface area contributed by atoms with Crippen molar-refractivity contribution in [2.45, 2.75) is 33.4 Å². The van der Waals surface area contributed by atoms with Crippen molar-refractivity contribution in [1.29, 1.82) is 0 Å². The third kappa shape index (κ3) is 2.91. The van der Waals surface area contributed by atoms with Crippen molar-refractivity contribution < 1.29 is 18.5 Å². The van der Waals surface area contributed by atoms with Gasteiger partial charge in [-0.05, 0) is 32.9 Å². The fourth-order valence-corrected chi connectivity index (χ4v) is 2.15. The average Bonchev–Trinajstić information content (AvgIpc) is 3.02. The topological polar surface area (TPSA) is 77.5 Å². The van der Waals surface area contributed by atoms with Gasteiger partial charge in [0.1, 0.15) is 11.5 Å². The molecule has 1 N–H and O–H groups in total. The molecule has 0 aliphatic rings. The molecule has 0 fully saturated rings. The Balaban J connectivity index is 1.98. The first kappa shape index (κ1) is 14.3. The van der Waals surface area contributed by atoms with Gasteiger partial charge in [-0.1, -0.05) is 5.16 Å². The Bertz CT molecular complexity index is 581. The van der Waals surface area contributed by atoms with Gasteiger partial charge in [0.25, 0.3) is 0 Å². The molecule has 0 aliphatic heterocycles. The normalized spacial score (nSPS) is 12.4. The van der Waals surface area contributed by atoms with Crippen molar-refractivity contribution >= 4 is 5.97 Å². The highest BCUT2D eigenvalue weighted by atomic mass is 16.5. The summed E-state index contributed by atoms with van der Waals surface area (Å²) in [4.78, 5) is 11.3. The first-order chi connectivity index (χ1) is 9.52. The van der Waals surface area contributed by atoms with Crippen LogP contribution in [0.2, 0.25) is 0 Å². The van der Waals surface area contributed by atoms with E-state index < -0.39 is 5.97 Å². The van der Waals surface area contributed by atoms with Crippen molar-refractivity contribution in [3.8, 4) is 0 Å². The molecule has 0 amide bonds. The van der Waals surface area contributed by atoms with Gasteiger partial charge in [0.05, 0.1) is 19.3 Å². The second-order valence-corrected chi connectivity index (χ2v) is 4.60. The Kier molecular flexibility index (Phi) is 4.24. The summed E-state index contributed by atoms with van der Waals surface area (Å²) in [6, 6.07) is 3.43. The highest BCUT2D eigenvalue weighted by Gasteiger charge is 2.17. The molecular weight excluding hydrogens is 260 g/mol. The molecule has 0 bridgehead atoms. The third-order valence-electron chi connectivity index (χ3n) is 3.15. The Labute approximate surface area is 117 Å². The number of esters is 1. The van der Waals surface area contributed by atoms with E-state index >= 15 is 0 Å². The first-order valence-corrected chi connectivity index (χ1v) is 6.36. The molecule has 0 aromatic carbocycles. The Morgan fingerprint density at radius 3 is 2.80 bits per heavy atom. The second-order valence-electron chi connectivity index (χ2n) is 4.60. The predicted octanol–water partition coefficient (Wildman–Crippen LogP) is 2.52. The number of methoxy groups -OCH3 is 1. The van der Waals surface area contributed by atoms with E-state index in [9.17, 15) is 4.79 Å². The van der Waals surface area contributed by atoms with Gasteiger partial charge in [-0.15, -0.1) is 0 Å². The second kappa shape index (κ2) is 5.92. The van der Waals surface area contributed by atoms with Gasteiger partial charge < -0.3 is 19.0 Å². The smallest absolute Gasteiger partial charge is 0.373 e. The molecule has 0 spiro atoms. The molecule has 1 atom stereocenters. The lowest BCUT2D eigenvalue weighted by atomic mass is 10.1. The minimum atomic E-state index is -0.477. The zero-order chi connectivity index (χ0) is 14.7. The fraction of sp³-hybridized carbons (Fsp3) is 0.429. The van der Waals surface area contributed by atoms with E-state index in [0.29, 0.717) is 12.3 Å². The maximum atomic E-state index is 11.3. The van der Waals surface area contributed by atoms with E-state index in [1.165, 1.54) is 7.11 Å². The quantitative estimate of drug-likeness (QED) is 0.847. The van der Waals surface area contributed by atoms with Gasteiger partial charge in [0.15, 0.2) is 0 Å². The maximum Gasteiger partial charge on any atom is 0.373 e. The summed E-state index contributed by atoms with van der Waals surface area (Å²) >= 11 is 0. The minimum Gasteiger partial charge on any atom is -0.463 e. The zero-order valence-corrected chi connectivity index (χ0v) is 12.0. The molecule has 6 nitrogen and oxygen atoms in total. The van der Waals surface area contributed by atoms with Crippen molar-refractivity contribution in [3.63, 3.8) is 0 Å². The van der Waals surface area contributed by atoms with Gasteiger partial charge in [-0.25, -0.2) is 4.79 Å². The van der Waals surface area contributed by atoms with Crippen LogP contribution in [0.1, 0.15) is 46.3 Å². The molecule has 108 valence electrons. The fourth-order valence-electron chi connectivity index (χ4n) is 2.15. The van der Waals surface area contributed by atoms with Gasteiger partial charge >= 0.3 is 5.97 Å². The lowest BCUT2D eigenvalue weighted by Gasteiger charge is -2.12. The van der Waals surface area contributed by atoms with Crippen LogP contribution in [0.3, 0.4) is 0 Å². The average molecular weight is 278 g/mol. The number of nitrogens with one attached hydrogen (secondary N) is 1. The van der Waals surface area contributed by atoms with Gasteiger partial charge in [0, 0.05) is 11.6 Å². The Morgan fingerprint density at radius 2 is 2.20 bits per heavy atom. The molecule has 2 aromatic heterocycles. The number of furan rings is 1. The number of carbonyl (C=O) groups excluding carboxylic acids is 1. The summed E-state index contributed by atoms with van der Waals surface area (Å²) in [5, 5.41) is 7.24. The van der Waals surface area contributed by atoms with E-state index in [0.717, 1.165) is 17.0 Å². The molecule has 0 radical (unpaired) electrons. The number of carbonyl (C=O) groups is 1. The number of nitrogens with zero attached hydrogens (tertiary/aromatic N) is 1. The summed E-state index contributed by atoms with van der Waals surface area (Å²) in [5.41, 5.74) is 1.92. The molecule has 2 aromatic rings. The zero-order valence-electron chi connectivity index (χ0n) is 12.0.